The quantitative estimate of drug-likeness (QED) is 0.564. The second-order valence-electron chi connectivity index (χ2n) is 8.08. The highest BCUT2D eigenvalue weighted by molar-refractivity contribution is 7.91. The van der Waals surface area contributed by atoms with Crippen molar-refractivity contribution in [1.82, 2.24) is 14.5 Å². The van der Waals surface area contributed by atoms with Crippen molar-refractivity contribution in [2.45, 2.75) is 31.7 Å². The summed E-state index contributed by atoms with van der Waals surface area (Å²) in [5.41, 5.74) is -1.41. The second kappa shape index (κ2) is 8.15. The molecule has 11 heteroatoms. The molecule has 0 saturated carbocycles. The number of nitrogens with one attached hydrogen (secondary N) is 1. The van der Waals surface area contributed by atoms with Gasteiger partial charge in [-0.15, -0.1) is 9.24 Å². The van der Waals surface area contributed by atoms with Crippen LogP contribution in [0.1, 0.15) is 36.2 Å². The van der Waals surface area contributed by atoms with E-state index in [4.69, 9.17) is 0 Å². The minimum Gasteiger partial charge on any atom is -0.365 e. The predicted molar refractivity (Wildman–Crippen MR) is 123 cm³/mol. The Hall–Kier alpha value is -2.45. The van der Waals surface area contributed by atoms with Crippen LogP contribution >= 0.6 is 9.24 Å². The van der Waals surface area contributed by atoms with Crippen LogP contribution in [0.3, 0.4) is 0 Å². The van der Waals surface area contributed by atoms with Gasteiger partial charge in [0, 0.05) is 20.0 Å². The van der Waals surface area contributed by atoms with Gasteiger partial charge in [-0.05, 0) is 29.4 Å². The van der Waals surface area contributed by atoms with Crippen LogP contribution in [-0.4, -0.2) is 34.5 Å². The van der Waals surface area contributed by atoms with Crippen molar-refractivity contribution in [2.24, 2.45) is 7.05 Å². The van der Waals surface area contributed by atoms with E-state index in [9.17, 15) is 17.6 Å². The smallest absolute Gasteiger partial charge is 0.258 e. The number of pyridine rings is 1. The summed E-state index contributed by atoms with van der Waals surface area (Å²) in [5, 5.41) is 4.29. The summed E-state index contributed by atoms with van der Waals surface area (Å²) < 4.78 is 54.4. The van der Waals surface area contributed by atoms with Crippen molar-refractivity contribution in [3.63, 3.8) is 0 Å². The van der Waals surface area contributed by atoms with Crippen molar-refractivity contribution < 1.29 is 17.2 Å². The third-order valence-corrected chi connectivity index (χ3v) is 8.28. The van der Waals surface area contributed by atoms with Crippen molar-refractivity contribution in [2.75, 3.05) is 16.8 Å². The lowest BCUT2D eigenvalue weighted by Gasteiger charge is -2.20. The number of anilines is 1. The molecule has 4 rings (SSSR count). The Kier molecular flexibility index (Phi) is 5.79. The predicted octanol–water partition coefficient (Wildman–Crippen LogP) is 2.45. The number of aromatic nitrogens is 3. The molecule has 2 aromatic heterocycles. The first kappa shape index (κ1) is 22.7. The monoisotopic (exact) mass is 480 g/mol. The average Bonchev–Trinajstić information content (AvgIpc) is 3.03. The molecule has 1 fully saturated rings. The summed E-state index contributed by atoms with van der Waals surface area (Å²) in [6, 6.07) is 6.69. The van der Waals surface area contributed by atoms with Crippen LogP contribution in [0.25, 0.3) is 11.0 Å². The molecule has 3 heterocycles. The van der Waals surface area contributed by atoms with Crippen LogP contribution < -0.4 is 16.2 Å². The maximum absolute atomic E-state index is 15.6. The first-order valence-corrected chi connectivity index (χ1v) is 12.4. The first-order valence-electron chi connectivity index (χ1n) is 10.0. The molecule has 0 radical (unpaired) electrons. The number of nitrogens with zero attached hydrogens (tertiary/aromatic N) is 3. The van der Waals surface area contributed by atoms with Gasteiger partial charge in [0.05, 0.1) is 22.5 Å². The van der Waals surface area contributed by atoms with Gasteiger partial charge in [-0.25, -0.2) is 27.2 Å². The van der Waals surface area contributed by atoms with Gasteiger partial charge in [0.15, 0.2) is 15.5 Å². The van der Waals surface area contributed by atoms with Gasteiger partial charge in [-0.1, -0.05) is 18.2 Å². The van der Waals surface area contributed by atoms with Crippen molar-refractivity contribution in [3.8, 4) is 0 Å². The molecule has 170 valence electrons. The molecule has 1 aromatic carbocycles. The summed E-state index contributed by atoms with van der Waals surface area (Å²) in [4.78, 5) is 21.2. The summed E-state index contributed by atoms with van der Waals surface area (Å²) in [6.07, 6.45) is -0.101. The van der Waals surface area contributed by atoms with E-state index in [2.05, 4.69) is 24.5 Å². The Morgan fingerprint density at radius 1 is 1.34 bits per heavy atom. The number of alkyl halides is 2. The molecule has 3 aromatic rings. The fourth-order valence-corrected chi connectivity index (χ4v) is 6.37. The molecule has 0 bridgehead atoms. The molecule has 3 unspecified atom stereocenters. The van der Waals surface area contributed by atoms with E-state index in [-0.39, 0.29) is 23.4 Å². The largest absolute Gasteiger partial charge is 0.365 e. The molecule has 1 aliphatic rings. The maximum Gasteiger partial charge on any atom is 0.258 e. The van der Waals surface area contributed by atoms with Crippen LogP contribution in [-0.2, 0) is 29.1 Å². The number of halogens is 2. The Morgan fingerprint density at radius 2 is 2.09 bits per heavy atom. The minimum absolute atomic E-state index is 0.216. The number of benzene rings is 1. The summed E-state index contributed by atoms with van der Waals surface area (Å²) in [7, 11) is 0.454. The zero-order valence-electron chi connectivity index (χ0n) is 17.6. The molecule has 0 amide bonds. The standard InChI is InChI=1S/C21H23F2N4O3PS/c1-12(22)14-5-3-4-13(17(14)31)9-24-18-15-8-16(21(23)6-7-32(29,30)10-21)20(28)27(2)19(15)26-11-25-18/h3-5,8,11-12H,6-7,9-10,31H2,1-2H3,(H,24,25,26). The van der Waals surface area contributed by atoms with Crippen LogP contribution in [0.4, 0.5) is 14.6 Å². The lowest BCUT2D eigenvalue weighted by molar-refractivity contribution is 0.199. The normalized spacial score (nSPS) is 21.0. The van der Waals surface area contributed by atoms with E-state index >= 15 is 4.39 Å². The average molecular weight is 480 g/mol. The Balaban J connectivity index is 1.77. The van der Waals surface area contributed by atoms with Crippen LogP contribution in [0.15, 0.2) is 35.4 Å². The lowest BCUT2D eigenvalue weighted by Crippen LogP contribution is -2.33. The second-order valence-corrected chi connectivity index (χ2v) is 10.8. The van der Waals surface area contributed by atoms with Gasteiger partial charge in [0.25, 0.3) is 5.56 Å². The molecule has 7 nitrogen and oxygen atoms in total. The topological polar surface area (TPSA) is 94.0 Å². The fourth-order valence-electron chi connectivity index (χ4n) is 4.07. The van der Waals surface area contributed by atoms with Gasteiger partial charge in [0.2, 0.25) is 0 Å². The maximum atomic E-state index is 15.6. The zero-order chi connectivity index (χ0) is 23.3. The Labute approximate surface area is 186 Å². The van der Waals surface area contributed by atoms with E-state index in [0.717, 1.165) is 10.9 Å². The molecule has 1 N–H and O–H groups in total. The molecule has 3 atom stereocenters. The molecule has 32 heavy (non-hydrogen) atoms. The fraction of sp³-hybridized carbons (Fsp3) is 0.381. The van der Waals surface area contributed by atoms with Crippen LogP contribution in [0.2, 0.25) is 0 Å². The highest BCUT2D eigenvalue weighted by Gasteiger charge is 2.46. The van der Waals surface area contributed by atoms with Gasteiger partial charge in [-0.3, -0.25) is 9.36 Å². The summed E-state index contributed by atoms with van der Waals surface area (Å²) >= 11 is 0. The number of hydrogen-bond acceptors (Lipinski definition) is 6. The molecule has 1 aliphatic heterocycles. The van der Waals surface area contributed by atoms with Crippen LogP contribution in [0.5, 0.6) is 0 Å². The van der Waals surface area contributed by atoms with E-state index in [1.54, 1.807) is 12.1 Å². The van der Waals surface area contributed by atoms with Gasteiger partial charge in [-0.2, -0.15) is 0 Å². The third-order valence-electron chi connectivity index (χ3n) is 5.85. The number of sulfone groups is 1. The number of hydrogen-bond donors (Lipinski definition) is 1. The highest BCUT2D eigenvalue weighted by Crippen LogP contribution is 2.37. The molecule has 0 aliphatic carbocycles. The molecule has 1 saturated heterocycles. The van der Waals surface area contributed by atoms with E-state index in [1.807, 2.05) is 6.07 Å². The SMILES string of the molecule is CC(F)c1cccc(CNc2ncnc3c2cc(C2(F)CCS(=O)(=O)C2)c(=O)n3C)c1P. The number of rotatable bonds is 5. The Bertz CT molecular complexity index is 1380. The molecule has 0 spiro atoms. The summed E-state index contributed by atoms with van der Waals surface area (Å²) in [6.45, 7) is 1.77. The van der Waals surface area contributed by atoms with Crippen molar-refractivity contribution in [3.05, 3.63) is 57.6 Å². The van der Waals surface area contributed by atoms with Crippen molar-refractivity contribution in [1.29, 1.82) is 0 Å². The van der Waals surface area contributed by atoms with Crippen molar-refractivity contribution >= 4 is 41.2 Å². The summed E-state index contributed by atoms with van der Waals surface area (Å²) in [5.74, 6) is -0.664. The number of aryl methyl sites for hydroxylation is 1. The van der Waals surface area contributed by atoms with E-state index in [1.165, 1.54) is 30.9 Å². The first-order chi connectivity index (χ1) is 15.0. The highest BCUT2D eigenvalue weighted by atomic mass is 32.2. The number of fused-ring (bicyclic) bond motifs is 1. The van der Waals surface area contributed by atoms with Crippen LogP contribution in [0, 0.1) is 0 Å². The van der Waals surface area contributed by atoms with Gasteiger partial charge < -0.3 is 5.32 Å². The minimum atomic E-state index is -3.56. The van der Waals surface area contributed by atoms with Gasteiger partial charge >= 0.3 is 0 Å². The van der Waals surface area contributed by atoms with E-state index < -0.39 is 33.0 Å². The zero-order valence-corrected chi connectivity index (χ0v) is 19.6. The van der Waals surface area contributed by atoms with E-state index in [0.29, 0.717) is 23.3 Å². The third kappa shape index (κ3) is 4.01. The lowest BCUT2D eigenvalue weighted by atomic mass is 9.95. The molecular formula is C21H23F2N4O3PS. The molecular weight excluding hydrogens is 457 g/mol. The Morgan fingerprint density at radius 3 is 2.75 bits per heavy atom. The van der Waals surface area contributed by atoms with Gasteiger partial charge in [0.1, 0.15) is 24.0 Å².